The van der Waals surface area contributed by atoms with Gasteiger partial charge >= 0.3 is 0 Å². The zero-order chi connectivity index (χ0) is 25.7. The van der Waals surface area contributed by atoms with Crippen LogP contribution < -0.4 is 14.2 Å². The molecule has 0 fully saturated rings. The molecule has 0 N–H and O–H groups in total. The highest BCUT2D eigenvalue weighted by molar-refractivity contribution is 5.95. The highest BCUT2D eigenvalue weighted by atomic mass is 16.5. The molecule has 0 saturated carbocycles. The predicted octanol–water partition coefficient (Wildman–Crippen LogP) is 8.08. The molecule has 1 aliphatic rings. The predicted molar refractivity (Wildman–Crippen MR) is 155 cm³/mol. The van der Waals surface area contributed by atoms with Crippen molar-refractivity contribution < 1.29 is 14.2 Å². The maximum absolute atomic E-state index is 6.74. The second-order valence-electron chi connectivity index (χ2n) is 10.0. The highest BCUT2D eigenvalue weighted by Gasteiger charge is 2.46. The average molecular weight is 497 g/mol. The molecule has 3 nitrogen and oxygen atoms in total. The Bertz CT molecular complexity index is 1750. The molecule has 0 amide bonds. The van der Waals surface area contributed by atoms with Crippen LogP contribution in [0.1, 0.15) is 16.7 Å². The van der Waals surface area contributed by atoms with Gasteiger partial charge in [0.05, 0.1) is 19.6 Å². The van der Waals surface area contributed by atoms with Crippen molar-refractivity contribution in [3.05, 3.63) is 126 Å². The van der Waals surface area contributed by atoms with Crippen molar-refractivity contribution >= 4 is 32.3 Å². The van der Waals surface area contributed by atoms with Gasteiger partial charge in [-0.25, -0.2) is 0 Å². The number of rotatable bonds is 4. The summed E-state index contributed by atoms with van der Waals surface area (Å²) < 4.78 is 19.0. The van der Waals surface area contributed by atoms with Crippen molar-refractivity contribution in [1.29, 1.82) is 0 Å². The molecule has 0 radical (unpaired) electrons. The van der Waals surface area contributed by atoms with Gasteiger partial charge in [0.2, 0.25) is 0 Å². The van der Waals surface area contributed by atoms with Crippen molar-refractivity contribution in [2.45, 2.75) is 11.8 Å². The molecule has 186 valence electrons. The summed E-state index contributed by atoms with van der Waals surface area (Å²) in [6, 6.07) is 38.4. The Morgan fingerprint density at radius 2 is 1.03 bits per heavy atom. The van der Waals surface area contributed by atoms with Crippen molar-refractivity contribution in [2.24, 2.45) is 0 Å². The maximum atomic E-state index is 6.74. The minimum absolute atomic E-state index is 0.465. The van der Waals surface area contributed by atoms with Crippen molar-refractivity contribution in [3.63, 3.8) is 0 Å². The normalized spacial score (nSPS) is 14.3. The van der Waals surface area contributed by atoms with Crippen LogP contribution >= 0.6 is 0 Å². The molecule has 3 heteroatoms. The van der Waals surface area contributed by atoms with Gasteiger partial charge in [0.15, 0.2) is 0 Å². The zero-order valence-corrected chi connectivity index (χ0v) is 21.5. The molecular formula is C35H28O3. The van der Waals surface area contributed by atoms with Crippen LogP contribution in [-0.2, 0) is 11.8 Å². The van der Waals surface area contributed by atoms with E-state index in [4.69, 9.17) is 14.2 Å². The summed E-state index contributed by atoms with van der Waals surface area (Å²) >= 11 is 0. The zero-order valence-electron chi connectivity index (χ0n) is 21.5. The molecule has 0 bridgehead atoms. The Morgan fingerprint density at radius 3 is 1.58 bits per heavy atom. The third kappa shape index (κ3) is 3.28. The Hall–Kier alpha value is -4.50. The van der Waals surface area contributed by atoms with E-state index in [0.717, 1.165) is 45.6 Å². The van der Waals surface area contributed by atoms with Crippen LogP contribution in [0.15, 0.2) is 109 Å². The van der Waals surface area contributed by atoms with Crippen LogP contribution in [0.4, 0.5) is 0 Å². The molecule has 0 aromatic heterocycles. The van der Waals surface area contributed by atoms with E-state index in [0.29, 0.717) is 6.61 Å². The minimum Gasteiger partial charge on any atom is -0.496 e. The lowest BCUT2D eigenvalue weighted by atomic mass is 9.66. The second kappa shape index (κ2) is 8.81. The Labute approximate surface area is 222 Å². The number of benzene rings is 6. The smallest absolute Gasteiger partial charge is 0.123 e. The monoisotopic (exact) mass is 496 g/mol. The van der Waals surface area contributed by atoms with Crippen LogP contribution in [0.25, 0.3) is 32.3 Å². The van der Waals surface area contributed by atoms with Crippen molar-refractivity contribution in [2.75, 3.05) is 20.8 Å². The standard InChI is InChI=1S/C35H28O3/c1-36-31-19-16-24-10-4-7-13-27(24)33(31)35(34-28-14-8-5-11-25(28)17-20-32(34)37-2)21-29-26-12-6-3-9-23(26)15-18-30(29)38-22-35/h3-20H,21-22H2,1-2H3. The molecule has 0 aliphatic carbocycles. The van der Waals surface area contributed by atoms with E-state index in [2.05, 4.69) is 109 Å². The van der Waals surface area contributed by atoms with Gasteiger partial charge < -0.3 is 14.2 Å². The van der Waals surface area contributed by atoms with Crippen LogP contribution in [-0.4, -0.2) is 20.8 Å². The Kier molecular flexibility index (Phi) is 5.26. The van der Waals surface area contributed by atoms with E-state index in [1.165, 1.54) is 27.1 Å². The lowest BCUT2D eigenvalue weighted by Gasteiger charge is -2.42. The van der Waals surface area contributed by atoms with Crippen LogP contribution in [0.2, 0.25) is 0 Å². The quantitative estimate of drug-likeness (QED) is 0.247. The summed E-state index contributed by atoms with van der Waals surface area (Å²) in [6.45, 7) is 0.465. The molecule has 0 atom stereocenters. The first-order chi connectivity index (χ1) is 18.7. The molecule has 0 saturated heterocycles. The highest BCUT2D eigenvalue weighted by Crippen LogP contribution is 2.53. The van der Waals surface area contributed by atoms with E-state index in [1.54, 1.807) is 14.2 Å². The van der Waals surface area contributed by atoms with Gasteiger partial charge in [-0.05, 0) is 56.9 Å². The number of hydrogen-bond acceptors (Lipinski definition) is 3. The van der Waals surface area contributed by atoms with E-state index in [1.807, 2.05) is 0 Å². The molecule has 1 aliphatic heterocycles. The minimum atomic E-state index is -0.574. The van der Waals surface area contributed by atoms with E-state index in [9.17, 15) is 0 Å². The van der Waals surface area contributed by atoms with Gasteiger partial charge in [-0.2, -0.15) is 0 Å². The van der Waals surface area contributed by atoms with E-state index < -0.39 is 5.41 Å². The van der Waals surface area contributed by atoms with Crippen molar-refractivity contribution in [1.82, 2.24) is 0 Å². The largest absolute Gasteiger partial charge is 0.496 e. The average Bonchev–Trinajstić information content (AvgIpc) is 2.99. The van der Waals surface area contributed by atoms with Gasteiger partial charge in [-0.15, -0.1) is 0 Å². The van der Waals surface area contributed by atoms with Gasteiger partial charge in [0.1, 0.15) is 23.9 Å². The maximum Gasteiger partial charge on any atom is 0.123 e. The first kappa shape index (κ1) is 22.7. The first-order valence-electron chi connectivity index (χ1n) is 13.0. The first-order valence-corrected chi connectivity index (χ1v) is 13.0. The summed E-state index contributed by atoms with van der Waals surface area (Å²) in [4.78, 5) is 0. The SMILES string of the molecule is COc1ccc2ccccc2c1C1(c2c(OC)ccc3ccccc23)COc2ccc3ccccc3c2C1. The van der Waals surface area contributed by atoms with Gasteiger partial charge in [0, 0.05) is 16.7 Å². The number of ether oxygens (including phenoxy) is 3. The van der Waals surface area contributed by atoms with E-state index in [-0.39, 0.29) is 0 Å². The summed E-state index contributed by atoms with van der Waals surface area (Å²) in [5.74, 6) is 2.65. The summed E-state index contributed by atoms with van der Waals surface area (Å²) in [5.41, 5.74) is 2.90. The number of methoxy groups -OCH3 is 2. The van der Waals surface area contributed by atoms with E-state index >= 15 is 0 Å². The van der Waals surface area contributed by atoms with Crippen LogP contribution in [0.3, 0.4) is 0 Å². The lowest BCUT2D eigenvalue weighted by molar-refractivity contribution is 0.211. The fourth-order valence-electron chi connectivity index (χ4n) is 6.46. The topological polar surface area (TPSA) is 27.7 Å². The summed E-state index contributed by atoms with van der Waals surface area (Å²) in [7, 11) is 3.52. The molecule has 6 aromatic rings. The van der Waals surface area contributed by atoms with Gasteiger partial charge in [-0.1, -0.05) is 91.0 Å². The molecular weight excluding hydrogens is 468 g/mol. The molecule has 6 aromatic carbocycles. The Morgan fingerprint density at radius 1 is 0.553 bits per heavy atom. The fourth-order valence-corrected chi connectivity index (χ4v) is 6.46. The summed E-state index contributed by atoms with van der Waals surface area (Å²) in [6.07, 6.45) is 0.748. The fraction of sp³-hybridized carbons (Fsp3) is 0.143. The second-order valence-corrected chi connectivity index (χ2v) is 10.0. The number of hydrogen-bond donors (Lipinski definition) is 0. The third-order valence-corrected chi connectivity index (χ3v) is 8.13. The molecule has 7 rings (SSSR count). The lowest BCUT2D eigenvalue weighted by Crippen LogP contribution is -2.41. The third-order valence-electron chi connectivity index (χ3n) is 8.13. The molecule has 0 spiro atoms. The van der Waals surface area contributed by atoms with Gasteiger partial charge in [0.25, 0.3) is 0 Å². The molecule has 0 unspecified atom stereocenters. The van der Waals surface area contributed by atoms with Crippen LogP contribution in [0, 0.1) is 0 Å². The van der Waals surface area contributed by atoms with Crippen molar-refractivity contribution in [3.8, 4) is 17.2 Å². The van der Waals surface area contributed by atoms with Gasteiger partial charge in [-0.3, -0.25) is 0 Å². The number of fused-ring (bicyclic) bond motifs is 5. The van der Waals surface area contributed by atoms with Crippen LogP contribution in [0.5, 0.6) is 17.2 Å². The summed E-state index contributed by atoms with van der Waals surface area (Å²) in [5, 5.41) is 7.09. The Balaban J connectivity index is 1.65. The molecule has 1 heterocycles. The molecule has 38 heavy (non-hydrogen) atoms.